The molecule has 1 aliphatic carbocycles. The second-order valence-electron chi connectivity index (χ2n) is 5.69. The Morgan fingerprint density at radius 1 is 1.22 bits per heavy atom. The predicted molar refractivity (Wildman–Crippen MR) is 77.2 cm³/mol. The molecule has 18 heavy (non-hydrogen) atoms. The van der Waals surface area contributed by atoms with E-state index >= 15 is 0 Å². The largest absolute Gasteiger partial charge is 0.328 e. The zero-order valence-electron chi connectivity index (χ0n) is 11.6. The maximum atomic E-state index is 5.93. The SMILES string of the molecule is C[C](C)c1cccc(CNC2CCC(N)CC2)c1. The first kappa shape index (κ1) is 13.6. The quantitative estimate of drug-likeness (QED) is 0.855. The third-order valence-electron chi connectivity index (χ3n) is 3.87. The molecule has 1 aromatic carbocycles. The van der Waals surface area contributed by atoms with E-state index in [4.69, 9.17) is 5.73 Å². The van der Waals surface area contributed by atoms with E-state index in [0.29, 0.717) is 12.1 Å². The molecule has 0 spiro atoms. The summed E-state index contributed by atoms with van der Waals surface area (Å²) in [4.78, 5) is 0. The number of nitrogens with one attached hydrogen (secondary N) is 1. The van der Waals surface area contributed by atoms with Gasteiger partial charge in [-0.05, 0) is 42.7 Å². The molecule has 1 aromatic rings. The molecule has 2 nitrogen and oxygen atoms in total. The van der Waals surface area contributed by atoms with Crippen LogP contribution in [0.2, 0.25) is 0 Å². The first-order chi connectivity index (χ1) is 8.65. The van der Waals surface area contributed by atoms with Gasteiger partial charge in [0.25, 0.3) is 0 Å². The average Bonchev–Trinajstić information content (AvgIpc) is 2.38. The fourth-order valence-corrected chi connectivity index (χ4v) is 2.58. The van der Waals surface area contributed by atoms with Gasteiger partial charge in [0.1, 0.15) is 0 Å². The molecule has 0 atom stereocenters. The van der Waals surface area contributed by atoms with E-state index in [1.54, 1.807) is 0 Å². The van der Waals surface area contributed by atoms with Crippen molar-refractivity contribution in [3.05, 3.63) is 41.3 Å². The second kappa shape index (κ2) is 6.35. The summed E-state index contributed by atoms with van der Waals surface area (Å²) < 4.78 is 0. The van der Waals surface area contributed by atoms with E-state index in [9.17, 15) is 0 Å². The predicted octanol–water partition coefficient (Wildman–Crippen LogP) is 3.01. The molecular weight excluding hydrogens is 220 g/mol. The van der Waals surface area contributed by atoms with Gasteiger partial charge in [-0.15, -0.1) is 0 Å². The molecule has 2 rings (SSSR count). The van der Waals surface area contributed by atoms with Gasteiger partial charge in [0.15, 0.2) is 0 Å². The van der Waals surface area contributed by atoms with Gasteiger partial charge in [0.2, 0.25) is 0 Å². The fraction of sp³-hybridized carbons (Fsp3) is 0.562. The highest BCUT2D eigenvalue weighted by atomic mass is 14.9. The summed E-state index contributed by atoms with van der Waals surface area (Å²) >= 11 is 0. The molecule has 2 heteroatoms. The van der Waals surface area contributed by atoms with Crippen LogP contribution in [0.3, 0.4) is 0 Å². The Balaban J connectivity index is 1.84. The van der Waals surface area contributed by atoms with Crippen LogP contribution in [-0.4, -0.2) is 12.1 Å². The number of rotatable bonds is 4. The Hall–Kier alpha value is -0.860. The zero-order valence-corrected chi connectivity index (χ0v) is 11.6. The number of benzene rings is 1. The molecule has 0 heterocycles. The standard InChI is InChI=1S/C16H25N2/c1-12(2)14-5-3-4-13(10-14)11-18-16-8-6-15(17)7-9-16/h3-5,10,15-16,18H,6-9,11,17H2,1-2H3. The third kappa shape index (κ3) is 3.82. The lowest BCUT2D eigenvalue weighted by atomic mass is 9.91. The number of hydrogen-bond donors (Lipinski definition) is 2. The molecule has 1 radical (unpaired) electrons. The Morgan fingerprint density at radius 3 is 2.61 bits per heavy atom. The first-order valence-electron chi connectivity index (χ1n) is 7.03. The van der Waals surface area contributed by atoms with Crippen LogP contribution in [0.4, 0.5) is 0 Å². The van der Waals surface area contributed by atoms with Crippen molar-refractivity contribution in [3.63, 3.8) is 0 Å². The lowest BCUT2D eigenvalue weighted by Crippen LogP contribution is -2.37. The zero-order chi connectivity index (χ0) is 13.0. The van der Waals surface area contributed by atoms with Crippen LogP contribution in [0.5, 0.6) is 0 Å². The van der Waals surface area contributed by atoms with Gasteiger partial charge in [0.05, 0.1) is 0 Å². The summed E-state index contributed by atoms with van der Waals surface area (Å²) in [7, 11) is 0. The van der Waals surface area contributed by atoms with E-state index in [1.807, 2.05) is 0 Å². The molecule has 1 fully saturated rings. The minimum atomic E-state index is 0.434. The minimum Gasteiger partial charge on any atom is -0.328 e. The summed E-state index contributed by atoms with van der Waals surface area (Å²) in [6.45, 7) is 5.30. The smallest absolute Gasteiger partial charge is 0.0208 e. The van der Waals surface area contributed by atoms with Gasteiger partial charge in [-0.25, -0.2) is 0 Å². The van der Waals surface area contributed by atoms with Gasteiger partial charge in [0, 0.05) is 18.6 Å². The topological polar surface area (TPSA) is 38.0 Å². The Kier molecular flexibility index (Phi) is 4.79. The first-order valence-corrected chi connectivity index (χ1v) is 7.03. The van der Waals surface area contributed by atoms with Crippen LogP contribution in [-0.2, 0) is 6.54 Å². The Labute approximate surface area is 111 Å². The molecule has 0 bridgehead atoms. The molecule has 1 aliphatic rings. The number of hydrogen-bond acceptors (Lipinski definition) is 2. The molecule has 1 saturated carbocycles. The van der Waals surface area contributed by atoms with Crippen molar-refractivity contribution in [1.29, 1.82) is 0 Å². The molecule has 99 valence electrons. The van der Waals surface area contributed by atoms with E-state index in [0.717, 1.165) is 6.54 Å². The van der Waals surface area contributed by atoms with Crippen molar-refractivity contribution in [2.24, 2.45) is 5.73 Å². The fourth-order valence-electron chi connectivity index (χ4n) is 2.58. The van der Waals surface area contributed by atoms with Crippen LogP contribution in [0.15, 0.2) is 24.3 Å². The van der Waals surface area contributed by atoms with Crippen LogP contribution >= 0.6 is 0 Å². The van der Waals surface area contributed by atoms with Gasteiger partial charge >= 0.3 is 0 Å². The van der Waals surface area contributed by atoms with E-state index < -0.39 is 0 Å². The van der Waals surface area contributed by atoms with Crippen molar-refractivity contribution in [1.82, 2.24) is 5.32 Å². The maximum absolute atomic E-state index is 5.93. The Morgan fingerprint density at radius 2 is 1.94 bits per heavy atom. The van der Waals surface area contributed by atoms with Crippen LogP contribution < -0.4 is 11.1 Å². The molecule has 0 aliphatic heterocycles. The normalized spacial score (nSPS) is 24.4. The summed E-state index contributed by atoms with van der Waals surface area (Å²) in [5.41, 5.74) is 8.65. The monoisotopic (exact) mass is 245 g/mol. The van der Waals surface area contributed by atoms with E-state index in [2.05, 4.69) is 43.4 Å². The lowest BCUT2D eigenvalue weighted by Gasteiger charge is -2.27. The third-order valence-corrected chi connectivity index (χ3v) is 3.87. The highest BCUT2D eigenvalue weighted by Gasteiger charge is 2.17. The molecular formula is C16H25N2. The van der Waals surface area contributed by atoms with E-state index in [-0.39, 0.29) is 0 Å². The molecule has 0 saturated heterocycles. The number of nitrogens with two attached hydrogens (primary N) is 1. The highest BCUT2D eigenvalue weighted by Crippen LogP contribution is 2.18. The maximum Gasteiger partial charge on any atom is 0.0208 e. The highest BCUT2D eigenvalue weighted by molar-refractivity contribution is 5.32. The van der Waals surface area contributed by atoms with Crippen molar-refractivity contribution >= 4 is 0 Å². The minimum absolute atomic E-state index is 0.434. The second-order valence-corrected chi connectivity index (χ2v) is 5.69. The van der Waals surface area contributed by atoms with Gasteiger partial charge in [-0.3, -0.25) is 0 Å². The van der Waals surface area contributed by atoms with Gasteiger partial charge in [-0.2, -0.15) is 0 Å². The van der Waals surface area contributed by atoms with Crippen LogP contribution in [0, 0.1) is 5.92 Å². The Bertz CT molecular complexity index is 365. The van der Waals surface area contributed by atoms with Crippen LogP contribution in [0.25, 0.3) is 0 Å². The molecule has 0 aromatic heterocycles. The van der Waals surface area contributed by atoms with Gasteiger partial charge in [-0.1, -0.05) is 38.1 Å². The average molecular weight is 245 g/mol. The molecule has 0 unspecified atom stereocenters. The van der Waals surface area contributed by atoms with Crippen molar-refractivity contribution in [2.45, 2.75) is 58.2 Å². The summed E-state index contributed by atoms with van der Waals surface area (Å²) in [6, 6.07) is 9.91. The van der Waals surface area contributed by atoms with Crippen molar-refractivity contribution < 1.29 is 0 Å². The van der Waals surface area contributed by atoms with Crippen molar-refractivity contribution in [2.75, 3.05) is 0 Å². The van der Waals surface area contributed by atoms with Gasteiger partial charge < -0.3 is 11.1 Å². The molecule has 0 amide bonds. The summed E-state index contributed by atoms with van der Waals surface area (Å²) in [5, 5.41) is 3.66. The molecule has 3 N–H and O–H groups in total. The summed E-state index contributed by atoms with van der Waals surface area (Å²) in [6.07, 6.45) is 4.78. The van der Waals surface area contributed by atoms with Crippen molar-refractivity contribution in [3.8, 4) is 0 Å². The van der Waals surface area contributed by atoms with Crippen LogP contribution in [0.1, 0.15) is 50.7 Å². The lowest BCUT2D eigenvalue weighted by molar-refractivity contribution is 0.342. The summed E-state index contributed by atoms with van der Waals surface area (Å²) in [5.74, 6) is 1.38. The van der Waals surface area contributed by atoms with E-state index in [1.165, 1.54) is 42.7 Å².